The molecule has 42 heavy (non-hydrogen) atoms. The van der Waals surface area contributed by atoms with E-state index in [2.05, 4.69) is 175 Å². The SMILES string of the molecule is Cc1cc2ccccc2[cH-]1.Cc1cc2ccccc2[cH-]1.[CH2-]CCC.[CH2-]CCC.[Hf+4].c1ccc([Si]c2ccccc2)cc1. The molecule has 0 saturated carbocycles. The van der Waals surface area contributed by atoms with Crippen molar-refractivity contribution in [2.45, 2.75) is 53.4 Å². The fourth-order valence-electron chi connectivity index (χ4n) is 3.82. The van der Waals surface area contributed by atoms with Gasteiger partial charge < -0.3 is 13.8 Å². The molecule has 0 N–H and O–H groups in total. The van der Waals surface area contributed by atoms with E-state index in [9.17, 15) is 0 Å². The van der Waals surface area contributed by atoms with Crippen LogP contribution in [0.15, 0.2) is 133 Å². The maximum atomic E-state index is 3.60. The number of hydrogen-bond donors (Lipinski definition) is 0. The van der Waals surface area contributed by atoms with Gasteiger partial charge in [-0.05, 0) is 0 Å². The third-order valence-corrected chi connectivity index (χ3v) is 7.31. The molecule has 6 aromatic rings. The fraction of sp³-hybridized carbons (Fsp3) is 0.200. The summed E-state index contributed by atoms with van der Waals surface area (Å²) < 4.78 is 0. The van der Waals surface area contributed by atoms with Crippen LogP contribution in [-0.2, 0) is 25.8 Å². The third-order valence-electron chi connectivity index (χ3n) is 6.07. The Kier molecular flexibility index (Phi) is 20.2. The molecule has 0 aliphatic heterocycles. The molecule has 6 aromatic carbocycles. The van der Waals surface area contributed by atoms with Gasteiger partial charge in [0.15, 0.2) is 0 Å². The Bertz CT molecular complexity index is 1280. The fourth-order valence-corrected chi connectivity index (χ4v) is 4.87. The van der Waals surface area contributed by atoms with Gasteiger partial charge in [-0.3, -0.25) is 0 Å². The van der Waals surface area contributed by atoms with Crippen LogP contribution in [0.1, 0.15) is 50.7 Å². The standard InChI is InChI=1S/C12H10Si.2C10H9.2C4H9.Hf/c1-3-7-11(8-4-1)13-12-9-5-2-6-10-12;2*1-8-6-9-4-2-3-5-10(9)7-8;2*1-3-4-2;/h1-10H;2*2-7H,1H3;2*1,3-4H2,2H3;/q;4*-1;+4. The summed E-state index contributed by atoms with van der Waals surface area (Å²) in [4.78, 5) is 0. The van der Waals surface area contributed by atoms with Crippen LogP contribution in [0, 0.1) is 27.7 Å². The minimum Gasteiger partial charge on any atom is -0.343 e. The number of fused-ring (bicyclic) bond motifs is 2. The van der Waals surface area contributed by atoms with E-state index in [0.717, 1.165) is 22.4 Å². The Balaban J connectivity index is 0.000000279. The predicted octanol–water partition coefficient (Wildman–Crippen LogP) is 10.3. The molecule has 2 radical (unpaired) electrons. The summed E-state index contributed by atoms with van der Waals surface area (Å²) in [6.45, 7) is 15.7. The number of benzene rings is 4. The molecule has 0 aliphatic carbocycles. The molecule has 0 fully saturated rings. The largest absolute Gasteiger partial charge is 4.00 e. The third kappa shape index (κ3) is 14.9. The van der Waals surface area contributed by atoms with Gasteiger partial charge >= 0.3 is 25.8 Å². The van der Waals surface area contributed by atoms with Crippen LogP contribution in [0.2, 0.25) is 0 Å². The maximum Gasteiger partial charge on any atom is 4.00 e. The van der Waals surface area contributed by atoms with Crippen LogP contribution in [0.3, 0.4) is 0 Å². The van der Waals surface area contributed by atoms with E-state index in [0.29, 0.717) is 0 Å². The smallest absolute Gasteiger partial charge is 0.343 e. The molecule has 0 bridgehead atoms. The van der Waals surface area contributed by atoms with E-state index >= 15 is 0 Å². The predicted molar refractivity (Wildman–Crippen MR) is 187 cm³/mol. The molecule has 0 nitrogen and oxygen atoms in total. The van der Waals surface area contributed by atoms with E-state index in [4.69, 9.17) is 0 Å². The van der Waals surface area contributed by atoms with Gasteiger partial charge in [0.2, 0.25) is 0 Å². The molecule has 214 valence electrons. The summed E-state index contributed by atoms with van der Waals surface area (Å²) in [6.07, 6.45) is 4.56. The zero-order valence-electron chi connectivity index (χ0n) is 25.9. The Morgan fingerprint density at radius 2 is 0.833 bits per heavy atom. The Labute approximate surface area is 277 Å². The molecular formula is C40H46HfSi. The molecule has 0 aromatic heterocycles. The first-order chi connectivity index (χ1) is 20.0. The number of unbranched alkanes of at least 4 members (excludes halogenated alkanes) is 2. The van der Waals surface area contributed by atoms with Crippen LogP contribution in [0.4, 0.5) is 0 Å². The minimum absolute atomic E-state index is 0. The second-order valence-corrected chi connectivity index (χ2v) is 11.3. The zero-order chi connectivity index (χ0) is 29.7. The Morgan fingerprint density at radius 1 is 0.524 bits per heavy atom. The molecule has 0 saturated heterocycles. The number of aryl methyl sites for hydroxylation is 2. The average Bonchev–Trinajstić information content (AvgIpc) is 3.59. The molecule has 0 heterocycles. The van der Waals surface area contributed by atoms with E-state index < -0.39 is 0 Å². The van der Waals surface area contributed by atoms with Gasteiger partial charge in [0.05, 0.1) is 0 Å². The summed E-state index contributed by atoms with van der Waals surface area (Å²) in [7, 11) is 0.777. The second kappa shape index (κ2) is 22.7. The molecule has 0 aliphatic rings. The van der Waals surface area contributed by atoms with E-state index in [-0.39, 0.29) is 25.8 Å². The van der Waals surface area contributed by atoms with Gasteiger partial charge in [-0.1, -0.05) is 124 Å². The van der Waals surface area contributed by atoms with Crippen molar-refractivity contribution in [3.63, 3.8) is 0 Å². The number of hydrogen-bond acceptors (Lipinski definition) is 0. The van der Waals surface area contributed by atoms with Crippen LogP contribution in [0.5, 0.6) is 0 Å². The summed E-state index contributed by atoms with van der Waals surface area (Å²) in [5.74, 6) is 0. The van der Waals surface area contributed by atoms with Crippen LogP contribution in [-0.4, -0.2) is 9.52 Å². The molecule has 0 amide bonds. The maximum absolute atomic E-state index is 3.60. The first-order valence-corrected chi connectivity index (χ1v) is 15.7. The molecule has 0 spiro atoms. The van der Waals surface area contributed by atoms with E-state index in [1.54, 1.807) is 0 Å². The quantitative estimate of drug-likeness (QED) is 0.125. The van der Waals surface area contributed by atoms with Crippen molar-refractivity contribution in [3.05, 3.63) is 158 Å². The number of rotatable bonds is 4. The van der Waals surface area contributed by atoms with Gasteiger partial charge in [-0.15, -0.1) is 81.2 Å². The van der Waals surface area contributed by atoms with E-state index in [1.807, 2.05) is 0 Å². The van der Waals surface area contributed by atoms with Crippen LogP contribution < -0.4 is 10.4 Å². The van der Waals surface area contributed by atoms with Gasteiger partial charge in [0.1, 0.15) is 9.52 Å². The molecule has 0 atom stereocenters. The van der Waals surface area contributed by atoms with Crippen molar-refractivity contribution >= 4 is 41.4 Å². The summed E-state index contributed by atoms with van der Waals surface area (Å²) in [6, 6.07) is 46.8. The van der Waals surface area contributed by atoms with Crippen molar-refractivity contribution in [2.24, 2.45) is 0 Å². The Hall–Kier alpha value is -2.81. The molecule has 0 unspecified atom stereocenters. The van der Waals surface area contributed by atoms with Crippen molar-refractivity contribution < 1.29 is 25.8 Å². The summed E-state index contributed by atoms with van der Waals surface area (Å²) in [5.41, 5.74) is 2.70. The Morgan fingerprint density at radius 3 is 1.14 bits per heavy atom. The van der Waals surface area contributed by atoms with Crippen molar-refractivity contribution in [1.29, 1.82) is 0 Å². The second-order valence-electron chi connectivity index (χ2n) is 9.89. The van der Waals surface area contributed by atoms with Gasteiger partial charge in [0, 0.05) is 0 Å². The van der Waals surface area contributed by atoms with Crippen LogP contribution >= 0.6 is 0 Å². The molecule has 6 rings (SSSR count). The monoisotopic (exact) mass is 734 g/mol. The molecular weight excluding hydrogens is 687 g/mol. The summed E-state index contributed by atoms with van der Waals surface area (Å²) in [5, 5.41) is 8.18. The van der Waals surface area contributed by atoms with E-state index in [1.165, 1.54) is 55.9 Å². The van der Waals surface area contributed by atoms with Gasteiger partial charge in [-0.25, -0.2) is 0 Å². The van der Waals surface area contributed by atoms with Crippen LogP contribution in [0.25, 0.3) is 21.5 Å². The summed E-state index contributed by atoms with van der Waals surface area (Å²) >= 11 is 0. The normalized spacial score (nSPS) is 9.48. The van der Waals surface area contributed by atoms with Crippen molar-refractivity contribution in [1.82, 2.24) is 0 Å². The van der Waals surface area contributed by atoms with Gasteiger partial charge in [-0.2, -0.15) is 25.0 Å². The zero-order valence-corrected chi connectivity index (χ0v) is 30.5. The van der Waals surface area contributed by atoms with Gasteiger partial charge in [0.25, 0.3) is 0 Å². The minimum atomic E-state index is 0. The average molecular weight is 733 g/mol. The van der Waals surface area contributed by atoms with Crippen molar-refractivity contribution in [3.8, 4) is 0 Å². The van der Waals surface area contributed by atoms with Crippen molar-refractivity contribution in [2.75, 3.05) is 0 Å². The molecule has 2 heteroatoms. The first kappa shape index (κ1) is 37.2. The first-order valence-electron chi connectivity index (χ1n) is 14.7. The topological polar surface area (TPSA) is 0 Å².